The predicted octanol–water partition coefficient (Wildman–Crippen LogP) is 3.28. The minimum Gasteiger partial charge on any atom is -0.465 e. The highest BCUT2D eigenvalue weighted by molar-refractivity contribution is 6.08. The van der Waals surface area contributed by atoms with Crippen molar-refractivity contribution in [1.82, 2.24) is 10.2 Å². The summed E-state index contributed by atoms with van der Waals surface area (Å²) in [6.07, 6.45) is 6.72. The molecule has 0 radical (unpaired) electrons. The number of amides is 1. The highest BCUT2D eigenvalue weighted by Gasteiger charge is 2.47. The number of hydrogen-bond acceptors (Lipinski definition) is 4. The van der Waals surface area contributed by atoms with Crippen LogP contribution in [0.5, 0.6) is 0 Å². The Morgan fingerprint density at radius 2 is 1.67 bits per heavy atom. The lowest BCUT2D eigenvalue weighted by atomic mass is 9.77. The SMILES string of the molecule is CCOC(=O)C(CC)(C(=O)NCCN1CCCCCCC1)c1ccccc1. The van der Waals surface area contributed by atoms with Crippen LogP contribution in [0.25, 0.3) is 0 Å². The summed E-state index contributed by atoms with van der Waals surface area (Å²) >= 11 is 0. The van der Waals surface area contributed by atoms with Crippen LogP contribution in [0.3, 0.4) is 0 Å². The van der Waals surface area contributed by atoms with Gasteiger partial charge >= 0.3 is 5.97 Å². The van der Waals surface area contributed by atoms with E-state index in [1.165, 1.54) is 32.1 Å². The number of ether oxygens (including phenoxy) is 1. The fourth-order valence-electron chi connectivity index (χ4n) is 3.84. The van der Waals surface area contributed by atoms with Crippen LogP contribution in [0.1, 0.15) is 57.9 Å². The maximum atomic E-state index is 13.1. The Balaban J connectivity index is 2.06. The standard InChI is InChI=1S/C22H34N2O3/c1-3-22(21(26)27-4-2,19-13-9-8-10-14-19)20(25)23-15-18-24-16-11-6-5-7-12-17-24/h8-10,13-14H,3-7,11-12,15-18H2,1-2H3,(H,23,25). The molecule has 1 amide bonds. The van der Waals surface area contributed by atoms with E-state index in [2.05, 4.69) is 10.2 Å². The first kappa shape index (κ1) is 21.4. The minimum absolute atomic E-state index is 0.258. The van der Waals surface area contributed by atoms with Gasteiger partial charge in [0.1, 0.15) is 0 Å². The molecule has 1 atom stereocenters. The van der Waals surface area contributed by atoms with Crippen molar-refractivity contribution in [3.63, 3.8) is 0 Å². The fraction of sp³-hybridized carbons (Fsp3) is 0.636. The van der Waals surface area contributed by atoms with Gasteiger partial charge in [0.15, 0.2) is 5.41 Å². The van der Waals surface area contributed by atoms with Crippen molar-refractivity contribution in [2.24, 2.45) is 0 Å². The summed E-state index contributed by atoms with van der Waals surface area (Å²) < 4.78 is 5.29. The molecule has 0 aromatic heterocycles. The van der Waals surface area contributed by atoms with Gasteiger partial charge in [-0.3, -0.25) is 9.59 Å². The van der Waals surface area contributed by atoms with E-state index in [1.54, 1.807) is 6.92 Å². The van der Waals surface area contributed by atoms with Crippen LogP contribution < -0.4 is 5.32 Å². The molecule has 1 aromatic carbocycles. The van der Waals surface area contributed by atoms with Crippen molar-refractivity contribution in [1.29, 1.82) is 0 Å². The number of carbonyl (C=O) groups excluding carboxylic acids is 2. The third kappa shape index (κ3) is 5.55. The second-order valence-electron chi connectivity index (χ2n) is 7.21. The summed E-state index contributed by atoms with van der Waals surface area (Å²) in [7, 11) is 0. The van der Waals surface area contributed by atoms with E-state index >= 15 is 0 Å². The second-order valence-corrected chi connectivity index (χ2v) is 7.21. The summed E-state index contributed by atoms with van der Waals surface area (Å²) in [6, 6.07) is 9.25. The number of nitrogens with zero attached hydrogens (tertiary/aromatic N) is 1. The van der Waals surface area contributed by atoms with Gasteiger partial charge in [-0.25, -0.2) is 0 Å². The van der Waals surface area contributed by atoms with Gasteiger partial charge in [0.25, 0.3) is 0 Å². The number of esters is 1. The van der Waals surface area contributed by atoms with Gasteiger partial charge in [-0.2, -0.15) is 0 Å². The van der Waals surface area contributed by atoms with Gasteiger partial charge < -0.3 is 15.0 Å². The van der Waals surface area contributed by atoms with E-state index in [0.29, 0.717) is 18.5 Å². The summed E-state index contributed by atoms with van der Waals surface area (Å²) in [6.45, 7) is 7.44. The Hall–Kier alpha value is -1.88. The smallest absolute Gasteiger partial charge is 0.326 e. The Morgan fingerprint density at radius 1 is 1.04 bits per heavy atom. The van der Waals surface area contributed by atoms with Gasteiger partial charge in [-0.1, -0.05) is 56.5 Å². The zero-order valence-corrected chi connectivity index (χ0v) is 16.8. The van der Waals surface area contributed by atoms with E-state index < -0.39 is 11.4 Å². The third-order valence-corrected chi connectivity index (χ3v) is 5.47. The zero-order chi connectivity index (χ0) is 19.5. The summed E-state index contributed by atoms with van der Waals surface area (Å²) in [5.74, 6) is -0.732. The van der Waals surface area contributed by atoms with Gasteiger partial charge in [0, 0.05) is 13.1 Å². The van der Waals surface area contributed by atoms with E-state index in [0.717, 1.165) is 19.6 Å². The molecule has 150 valence electrons. The molecule has 1 fully saturated rings. The van der Waals surface area contributed by atoms with E-state index in [9.17, 15) is 9.59 Å². The quantitative estimate of drug-likeness (QED) is 0.560. The van der Waals surface area contributed by atoms with Crippen molar-refractivity contribution >= 4 is 11.9 Å². The van der Waals surface area contributed by atoms with Gasteiger partial charge in [0.05, 0.1) is 6.61 Å². The molecule has 5 heteroatoms. The Morgan fingerprint density at radius 3 is 2.26 bits per heavy atom. The molecule has 1 aliphatic heterocycles. The maximum absolute atomic E-state index is 13.1. The third-order valence-electron chi connectivity index (χ3n) is 5.47. The lowest BCUT2D eigenvalue weighted by Crippen LogP contribution is -2.52. The van der Waals surface area contributed by atoms with Crippen molar-refractivity contribution < 1.29 is 14.3 Å². The number of nitrogens with one attached hydrogen (secondary N) is 1. The molecule has 5 nitrogen and oxygen atoms in total. The molecule has 1 heterocycles. The lowest BCUT2D eigenvalue weighted by Gasteiger charge is -2.30. The molecule has 1 aromatic rings. The van der Waals surface area contributed by atoms with E-state index in [4.69, 9.17) is 4.74 Å². The number of carbonyl (C=O) groups is 2. The molecule has 1 N–H and O–H groups in total. The number of benzene rings is 1. The van der Waals surface area contributed by atoms with E-state index in [1.807, 2.05) is 37.3 Å². The van der Waals surface area contributed by atoms with Crippen molar-refractivity contribution in [3.8, 4) is 0 Å². The van der Waals surface area contributed by atoms with Crippen LogP contribution in [0, 0.1) is 0 Å². The topological polar surface area (TPSA) is 58.6 Å². The molecule has 27 heavy (non-hydrogen) atoms. The van der Waals surface area contributed by atoms with Gasteiger partial charge in [-0.15, -0.1) is 0 Å². The molecule has 0 bridgehead atoms. The van der Waals surface area contributed by atoms with Gasteiger partial charge in [0.2, 0.25) is 5.91 Å². The van der Waals surface area contributed by atoms with Crippen LogP contribution in [0.15, 0.2) is 30.3 Å². The number of hydrogen-bond donors (Lipinski definition) is 1. The lowest BCUT2D eigenvalue weighted by molar-refractivity contribution is -0.155. The first-order valence-corrected chi connectivity index (χ1v) is 10.4. The highest BCUT2D eigenvalue weighted by atomic mass is 16.5. The first-order chi connectivity index (χ1) is 13.1. The monoisotopic (exact) mass is 374 g/mol. The predicted molar refractivity (Wildman–Crippen MR) is 108 cm³/mol. The van der Waals surface area contributed by atoms with E-state index in [-0.39, 0.29) is 12.5 Å². The van der Waals surface area contributed by atoms with Crippen molar-refractivity contribution in [3.05, 3.63) is 35.9 Å². The van der Waals surface area contributed by atoms with Crippen LogP contribution in [0.4, 0.5) is 0 Å². The van der Waals surface area contributed by atoms with Crippen LogP contribution >= 0.6 is 0 Å². The molecular weight excluding hydrogens is 340 g/mol. The Kier molecular flexibility index (Phi) is 8.79. The normalized spacial score (nSPS) is 18.0. The largest absolute Gasteiger partial charge is 0.465 e. The Labute approximate surface area is 163 Å². The zero-order valence-electron chi connectivity index (χ0n) is 16.8. The van der Waals surface area contributed by atoms with Crippen molar-refractivity contribution in [2.75, 3.05) is 32.8 Å². The average molecular weight is 375 g/mol. The summed E-state index contributed by atoms with van der Waals surface area (Å²) in [5, 5.41) is 3.01. The summed E-state index contributed by atoms with van der Waals surface area (Å²) in [5.41, 5.74) is -0.595. The number of likely N-dealkylation sites (tertiary alicyclic amines) is 1. The summed E-state index contributed by atoms with van der Waals surface area (Å²) in [4.78, 5) is 28.4. The van der Waals surface area contributed by atoms with Crippen LogP contribution in [-0.4, -0.2) is 49.6 Å². The molecule has 1 saturated heterocycles. The molecule has 2 rings (SSSR count). The molecule has 1 aliphatic rings. The second kappa shape index (κ2) is 11.1. The molecule has 0 aliphatic carbocycles. The molecule has 0 saturated carbocycles. The fourth-order valence-corrected chi connectivity index (χ4v) is 3.84. The maximum Gasteiger partial charge on any atom is 0.326 e. The Bertz CT molecular complexity index is 582. The van der Waals surface area contributed by atoms with Crippen molar-refractivity contribution in [2.45, 2.75) is 57.8 Å². The molecule has 1 unspecified atom stereocenters. The van der Waals surface area contributed by atoms with Crippen LogP contribution in [-0.2, 0) is 19.7 Å². The minimum atomic E-state index is -1.28. The first-order valence-electron chi connectivity index (χ1n) is 10.4. The average Bonchev–Trinajstić information content (AvgIpc) is 2.65. The molecular formula is C22H34N2O3. The highest BCUT2D eigenvalue weighted by Crippen LogP contribution is 2.30. The van der Waals surface area contributed by atoms with Gasteiger partial charge in [-0.05, 0) is 44.8 Å². The molecule has 0 spiro atoms. The number of rotatable bonds is 8. The van der Waals surface area contributed by atoms with Crippen LogP contribution in [0.2, 0.25) is 0 Å².